The van der Waals surface area contributed by atoms with Crippen LogP contribution in [0.5, 0.6) is 0 Å². The first-order chi connectivity index (χ1) is 7.44. The topological polar surface area (TPSA) is 64.8 Å². The third-order valence-corrected chi connectivity index (χ3v) is 2.29. The first kappa shape index (κ1) is 13.3. The highest BCUT2D eigenvalue weighted by molar-refractivity contribution is 5.68. The fourth-order valence-electron chi connectivity index (χ4n) is 1.41. The maximum absolute atomic E-state index is 11.9. The van der Waals surface area contributed by atoms with Gasteiger partial charge in [-0.1, -0.05) is 0 Å². The highest BCUT2D eigenvalue weighted by Gasteiger charge is 2.32. The van der Waals surface area contributed by atoms with Crippen LogP contribution in [0.25, 0.3) is 0 Å². The normalized spacial score (nSPS) is 16.8. The number of amides is 1. The summed E-state index contributed by atoms with van der Waals surface area (Å²) in [6, 6.07) is 0.154. The van der Waals surface area contributed by atoms with Crippen LogP contribution in [0.15, 0.2) is 0 Å². The minimum Gasteiger partial charge on any atom is -0.444 e. The molecular weight excluding hydrogens is 208 g/mol. The zero-order valence-electron chi connectivity index (χ0n) is 10.4. The maximum Gasteiger partial charge on any atom is 0.410 e. The molecule has 1 amide bonds. The number of carbonyl (C=O) groups excluding carboxylic acids is 1. The molecule has 0 saturated carbocycles. The summed E-state index contributed by atoms with van der Waals surface area (Å²) in [7, 11) is 0. The van der Waals surface area contributed by atoms with E-state index >= 15 is 0 Å². The fraction of sp³-hybridized carbons (Fsp3) is 0.909. The SMILES string of the molecule is CC(C)(C)OC(=O)N(CCCN)C1COC1. The van der Waals surface area contributed by atoms with Gasteiger partial charge in [-0.3, -0.25) is 0 Å². The van der Waals surface area contributed by atoms with Crippen LogP contribution >= 0.6 is 0 Å². The number of nitrogens with zero attached hydrogens (tertiary/aromatic N) is 1. The van der Waals surface area contributed by atoms with E-state index in [0.29, 0.717) is 26.3 Å². The zero-order valence-corrected chi connectivity index (χ0v) is 10.4. The third-order valence-electron chi connectivity index (χ3n) is 2.29. The van der Waals surface area contributed by atoms with Crippen molar-refractivity contribution < 1.29 is 14.3 Å². The molecule has 1 aliphatic heterocycles. The van der Waals surface area contributed by atoms with E-state index in [1.165, 1.54) is 0 Å². The number of nitrogens with two attached hydrogens (primary N) is 1. The first-order valence-corrected chi connectivity index (χ1v) is 5.71. The van der Waals surface area contributed by atoms with Gasteiger partial charge in [0.15, 0.2) is 0 Å². The fourth-order valence-corrected chi connectivity index (χ4v) is 1.41. The van der Waals surface area contributed by atoms with E-state index in [4.69, 9.17) is 15.2 Å². The van der Waals surface area contributed by atoms with Crippen LogP contribution in [0.3, 0.4) is 0 Å². The number of rotatable bonds is 4. The van der Waals surface area contributed by atoms with Crippen molar-refractivity contribution in [3.63, 3.8) is 0 Å². The predicted octanol–water partition coefficient (Wildman–Crippen LogP) is 0.971. The van der Waals surface area contributed by atoms with Gasteiger partial charge in [-0.15, -0.1) is 0 Å². The number of hydrogen-bond acceptors (Lipinski definition) is 4. The van der Waals surface area contributed by atoms with Crippen molar-refractivity contribution in [1.29, 1.82) is 0 Å². The molecule has 5 heteroatoms. The molecule has 0 atom stereocenters. The quantitative estimate of drug-likeness (QED) is 0.781. The van der Waals surface area contributed by atoms with Crippen LogP contribution in [0, 0.1) is 0 Å². The van der Waals surface area contributed by atoms with Crippen molar-refractivity contribution >= 4 is 6.09 Å². The van der Waals surface area contributed by atoms with Gasteiger partial charge in [-0.2, -0.15) is 0 Å². The van der Waals surface area contributed by atoms with Crippen LogP contribution in [0.4, 0.5) is 4.79 Å². The molecule has 0 aromatic rings. The Morgan fingerprint density at radius 2 is 2.12 bits per heavy atom. The Kier molecular flexibility index (Phi) is 4.56. The summed E-state index contributed by atoms with van der Waals surface area (Å²) in [4.78, 5) is 13.6. The van der Waals surface area contributed by atoms with E-state index < -0.39 is 5.60 Å². The van der Waals surface area contributed by atoms with Gasteiger partial charge in [0.05, 0.1) is 19.3 Å². The Morgan fingerprint density at radius 3 is 2.50 bits per heavy atom. The standard InChI is InChI=1S/C11H22N2O3/c1-11(2,3)16-10(14)13(6-4-5-12)9-7-15-8-9/h9H,4-8,12H2,1-3H3. The molecule has 1 rings (SSSR count). The Labute approximate surface area is 96.9 Å². The van der Waals surface area contributed by atoms with Crippen LogP contribution in [0.1, 0.15) is 27.2 Å². The molecule has 94 valence electrons. The van der Waals surface area contributed by atoms with E-state index in [1.807, 2.05) is 20.8 Å². The minimum absolute atomic E-state index is 0.154. The Hall–Kier alpha value is -0.810. The molecule has 0 aliphatic carbocycles. The largest absolute Gasteiger partial charge is 0.444 e. The Morgan fingerprint density at radius 1 is 1.50 bits per heavy atom. The zero-order chi connectivity index (χ0) is 12.2. The lowest BCUT2D eigenvalue weighted by atomic mass is 10.2. The summed E-state index contributed by atoms with van der Waals surface area (Å²) in [5, 5.41) is 0. The molecule has 16 heavy (non-hydrogen) atoms. The molecule has 0 spiro atoms. The van der Waals surface area contributed by atoms with Crippen molar-refractivity contribution in [2.45, 2.75) is 38.8 Å². The molecule has 0 aromatic carbocycles. The van der Waals surface area contributed by atoms with Gasteiger partial charge < -0.3 is 20.1 Å². The van der Waals surface area contributed by atoms with E-state index in [-0.39, 0.29) is 12.1 Å². The minimum atomic E-state index is -0.456. The summed E-state index contributed by atoms with van der Waals surface area (Å²) in [5.74, 6) is 0. The molecule has 0 radical (unpaired) electrons. The molecule has 0 unspecified atom stereocenters. The van der Waals surface area contributed by atoms with Crippen molar-refractivity contribution in [1.82, 2.24) is 4.90 Å². The summed E-state index contributed by atoms with van der Waals surface area (Å²) < 4.78 is 10.4. The second-order valence-corrected chi connectivity index (χ2v) is 5.01. The van der Waals surface area contributed by atoms with Gasteiger partial charge in [0.25, 0.3) is 0 Å². The van der Waals surface area contributed by atoms with Crippen LogP contribution in [-0.2, 0) is 9.47 Å². The van der Waals surface area contributed by atoms with Gasteiger partial charge in [0.1, 0.15) is 5.60 Å². The monoisotopic (exact) mass is 230 g/mol. The van der Waals surface area contributed by atoms with E-state index in [9.17, 15) is 4.79 Å². The summed E-state index contributed by atoms with van der Waals surface area (Å²) >= 11 is 0. The van der Waals surface area contributed by atoms with Crippen LogP contribution < -0.4 is 5.73 Å². The van der Waals surface area contributed by atoms with Gasteiger partial charge in [-0.25, -0.2) is 4.79 Å². The van der Waals surface area contributed by atoms with Gasteiger partial charge in [0, 0.05) is 6.54 Å². The molecule has 2 N–H and O–H groups in total. The summed E-state index contributed by atoms with van der Waals surface area (Å²) in [5.41, 5.74) is 5.00. The van der Waals surface area contributed by atoms with E-state index in [1.54, 1.807) is 4.90 Å². The van der Waals surface area contributed by atoms with Gasteiger partial charge in [-0.05, 0) is 33.7 Å². The molecule has 5 nitrogen and oxygen atoms in total. The lowest BCUT2D eigenvalue weighted by molar-refractivity contribution is -0.0704. The Bertz CT molecular complexity index is 234. The first-order valence-electron chi connectivity index (χ1n) is 5.71. The molecule has 1 heterocycles. The van der Waals surface area contributed by atoms with E-state index in [2.05, 4.69) is 0 Å². The average Bonchev–Trinajstić information content (AvgIpc) is 2.05. The van der Waals surface area contributed by atoms with E-state index in [0.717, 1.165) is 6.42 Å². The van der Waals surface area contributed by atoms with Gasteiger partial charge in [0.2, 0.25) is 0 Å². The van der Waals surface area contributed by atoms with Crippen molar-refractivity contribution in [2.75, 3.05) is 26.3 Å². The lowest BCUT2D eigenvalue weighted by Crippen LogP contribution is -2.53. The Balaban J connectivity index is 2.50. The van der Waals surface area contributed by atoms with Crippen LogP contribution in [-0.4, -0.2) is 48.9 Å². The smallest absolute Gasteiger partial charge is 0.410 e. The van der Waals surface area contributed by atoms with Gasteiger partial charge >= 0.3 is 6.09 Å². The third kappa shape index (κ3) is 3.98. The number of carbonyl (C=O) groups is 1. The second-order valence-electron chi connectivity index (χ2n) is 5.01. The summed E-state index contributed by atoms with van der Waals surface area (Å²) in [6.07, 6.45) is 0.518. The lowest BCUT2D eigenvalue weighted by Gasteiger charge is -2.38. The maximum atomic E-state index is 11.9. The molecule has 1 saturated heterocycles. The van der Waals surface area contributed by atoms with Crippen molar-refractivity contribution in [2.24, 2.45) is 5.73 Å². The predicted molar refractivity (Wildman–Crippen MR) is 61.2 cm³/mol. The number of ether oxygens (including phenoxy) is 2. The van der Waals surface area contributed by atoms with Crippen molar-refractivity contribution in [3.05, 3.63) is 0 Å². The molecule has 0 bridgehead atoms. The van der Waals surface area contributed by atoms with Crippen LogP contribution in [0.2, 0.25) is 0 Å². The average molecular weight is 230 g/mol. The number of hydrogen-bond donors (Lipinski definition) is 1. The highest BCUT2D eigenvalue weighted by Crippen LogP contribution is 2.16. The summed E-state index contributed by atoms with van der Waals surface area (Å²) in [6.45, 7) is 8.01. The second kappa shape index (κ2) is 5.50. The molecule has 1 fully saturated rings. The molecular formula is C11H22N2O3. The van der Waals surface area contributed by atoms with Crippen molar-refractivity contribution in [3.8, 4) is 0 Å². The highest BCUT2D eigenvalue weighted by atomic mass is 16.6. The molecule has 1 aliphatic rings. The molecule has 0 aromatic heterocycles.